The predicted octanol–water partition coefficient (Wildman–Crippen LogP) is 3.37. The van der Waals surface area contributed by atoms with Crippen LogP contribution in [0.15, 0.2) is 48.5 Å². The van der Waals surface area contributed by atoms with Crippen LogP contribution in [0.5, 0.6) is 0 Å². The summed E-state index contributed by atoms with van der Waals surface area (Å²) in [6.45, 7) is 5.77. The average Bonchev–Trinajstić information content (AvgIpc) is 2.53. The maximum Gasteiger partial charge on any atom is 0.213 e. The van der Waals surface area contributed by atoms with E-state index in [0.717, 1.165) is 22.4 Å². The minimum Gasteiger partial charge on any atom is -0.399 e. The summed E-state index contributed by atoms with van der Waals surface area (Å²) in [4.78, 5) is 0. The zero-order valence-electron chi connectivity index (χ0n) is 13.8. The molecule has 23 heavy (non-hydrogen) atoms. The van der Waals surface area contributed by atoms with Crippen LogP contribution >= 0.6 is 0 Å². The Labute approximate surface area is 138 Å². The second-order valence-corrected chi connectivity index (χ2v) is 8.41. The van der Waals surface area contributed by atoms with Crippen molar-refractivity contribution >= 4 is 15.7 Å². The Morgan fingerprint density at radius 3 is 1.87 bits per heavy atom. The first-order valence-electron chi connectivity index (χ1n) is 7.74. The van der Waals surface area contributed by atoms with Crippen molar-refractivity contribution in [2.45, 2.75) is 31.9 Å². The quantitative estimate of drug-likeness (QED) is 0.797. The van der Waals surface area contributed by atoms with Gasteiger partial charge in [-0.1, -0.05) is 43.3 Å². The maximum absolute atomic E-state index is 11.8. The zero-order valence-corrected chi connectivity index (χ0v) is 14.6. The average molecular weight is 332 g/mol. The number of benzene rings is 2. The molecule has 0 aromatic heterocycles. The Bertz CT molecular complexity index is 736. The highest BCUT2D eigenvalue weighted by Gasteiger charge is 2.16. The molecule has 0 fully saturated rings. The molecule has 2 rings (SSSR count). The molecule has 0 amide bonds. The Hall–Kier alpha value is -1.85. The van der Waals surface area contributed by atoms with Crippen LogP contribution in [0.1, 0.15) is 32.3 Å². The number of anilines is 1. The van der Waals surface area contributed by atoms with Crippen molar-refractivity contribution in [3.05, 3.63) is 54.1 Å². The van der Waals surface area contributed by atoms with Crippen LogP contribution in [-0.2, 0) is 10.0 Å². The van der Waals surface area contributed by atoms with Crippen LogP contribution in [0.4, 0.5) is 5.69 Å². The van der Waals surface area contributed by atoms with E-state index >= 15 is 0 Å². The Morgan fingerprint density at radius 1 is 0.913 bits per heavy atom. The maximum atomic E-state index is 11.8. The van der Waals surface area contributed by atoms with Gasteiger partial charge in [-0.05, 0) is 48.6 Å². The van der Waals surface area contributed by atoms with Gasteiger partial charge in [0.25, 0.3) is 0 Å². The van der Waals surface area contributed by atoms with Crippen LogP contribution in [0.25, 0.3) is 11.1 Å². The standard InChI is InChI=1S/C18H24N2O2S/c1-13(2)23(21,22)20-12-14(3)15-4-6-16(7-5-15)17-8-10-18(19)11-9-17/h4-11,13-14,20H,12,19H2,1-3H3/t14-/m0/s1. The molecule has 0 saturated heterocycles. The van der Waals surface area contributed by atoms with Gasteiger partial charge in [0.1, 0.15) is 0 Å². The van der Waals surface area contributed by atoms with Crippen LogP contribution in [-0.4, -0.2) is 20.2 Å². The van der Waals surface area contributed by atoms with Gasteiger partial charge in [-0.25, -0.2) is 13.1 Å². The number of nitrogen functional groups attached to an aromatic ring is 1. The molecule has 1 atom stereocenters. The van der Waals surface area contributed by atoms with E-state index in [4.69, 9.17) is 5.73 Å². The lowest BCUT2D eigenvalue weighted by Gasteiger charge is -2.15. The normalized spacial score (nSPS) is 13.2. The van der Waals surface area contributed by atoms with Crippen molar-refractivity contribution in [3.8, 4) is 11.1 Å². The van der Waals surface area contributed by atoms with Crippen LogP contribution < -0.4 is 10.5 Å². The predicted molar refractivity (Wildman–Crippen MR) is 96.8 cm³/mol. The lowest BCUT2D eigenvalue weighted by molar-refractivity contribution is 0.566. The van der Waals surface area contributed by atoms with E-state index in [0.29, 0.717) is 6.54 Å². The summed E-state index contributed by atoms with van der Waals surface area (Å²) in [5.41, 5.74) is 9.78. The summed E-state index contributed by atoms with van der Waals surface area (Å²) in [5, 5.41) is -0.414. The molecule has 0 aliphatic heterocycles. The topological polar surface area (TPSA) is 72.2 Å². The van der Waals surface area contributed by atoms with E-state index < -0.39 is 15.3 Å². The van der Waals surface area contributed by atoms with E-state index in [-0.39, 0.29) is 5.92 Å². The highest BCUT2D eigenvalue weighted by atomic mass is 32.2. The molecule has 0 aliphatic rings. The van der Waals surface area contributed by atoms with E-state index in [1.165, 1.54) is 0 Å². The molecule has 0 spiro atoms. The van der Waals surface area contributed by atoms with Gasteiger partial charge in [-0.15, -0.1) is 0 Å². The van der Waals surface area contributed by atoms with Gasteiger partial charge in [0.15, 0.2) is 0 Å². The fourth-order valence-electron chi connectivity index (χ4n) is 2.21. The fourth-order valence-corrected chi connectivity index (χ4v) is 3.02. The van der Waals surface area contributed by atoms with Crippen LogP contribution in [0.2, 0.25) is 0 Å². The fraction of sp³-hybridized carbons (Fsp3) is 0.333. The third kappa shape index (κ3) is 4.56. The van der Waals surface area contributed by atoms with Crippen molar-refractivity contribution in [3.63, 3.8) is 0 Å². The second kappa shape index (κ2) is 7.15. The summed E-state index contributed by atoms with van der Waals surface area (Å²) >= 11 is 0. The first kappa shape index (κ1) is 17.5. The van der Waals surface area contributed by atoms with Crippen molar-refractivity contribution in [1.82, 2.24) is 4.72 Å². The smallest absolute Gasteiger partial charge is 0.213 e. The number of rotatable bonds is 6. The third-order valence-corrected chi connectivity index (χ3v) is 5.75. The van der Waals surface area contributed by atoms with E-state index in [1.54, 1.807) is 13.8 Å². The van der Waals surface area contributed by atoms with E-state index in [2.05, 4.69) is 4.72 Å². The molecule has 2 aromatic rings. The summed E-state index contributed by atoms with van der Waals surface area (Å²) in [6, 6.07) is 15.9. The molecule has 0 bridgehead atoms. The second-order valence-electron chi connectivity index (χ2n) is 6.09. The number of nitrogens with one attached hydrogen (secondary N) is 1. The lowest BCUT2D eigenvalue weighted by atomic mass is 9.97. The van der Waals surface area contributed by atoms with Gasteiger partial charge in [-0.3, -0.25) is 0 Å². The minimum absolute atomic E-state index is 0.115. The minimum atomic E-state index is -3.22. The number of nitrogens with two attached hydrogens (primary N) is 1. The SMILES string of the molecule is CC(C)S(=O)(=O)NC[C@H](C)c1ccc(-c2ccc(N)cc2)cc1. The molecular formula is C18H24N2O2S. The molecule has 5 heteroatoms. The number of hydrogen-bond acceptors (Lipinski definition) is 3. The van der Waals surface area contributed by atoms with Crippen LogP contribution in [0, 0.1) is 0 Å². The Balaban J connectivity index is 2.05. The summed E-state index contributed by atoms with van der Waals surface area (Å²) in [7, 11) is -3.22. The van der Waals surface area contributed by atoms with E-state index in [9.17, 15) is 8.42 Å². The molecule has 0 radical (unpaired) electrons. The van der Waals surface area contributed by atoms with Gasteiger partial charge < -0.3 is 5.73 Å². The van der Waals surface area contributed by atoms with Crippen molar-refractivity contribution in [1.29, 1.82) is 0 Å². The van der Waals surface area contributed by atoms with Gasteiger partial charge in [0.2, 0.25) is 10.0 Å². The molecule has 0 saturated carbocycles. The van der Waals surface area contributed by atoms with Gasteiger partial charge >= 0.3 is 0 Å². The number of hydrogen-bond donors (Lipinski definition) is 2. The van der Waals surface area contributed by atoms with Gasteiger partial charge in [0, 0.05) is 12.2 Å². The van der Waals surface area contributed by atoms with Crippen LogP contribution in [0.3, 0.4) is 0 Å². The molecule has 124 valence electrons. The van der Waals surface area contributed by atoms with Crippen molar-refractivity contribution in [2.75, 3.05) is 12.3 Å². The molecule has 4 nitrogen and oxygen atoms in total. The third-order valence-electron chi connectivity index (χ3n) is 3.94. The molecule has 3 N–H and O–H groups in total. The monoisotopic (exact) mass is 332 g/mol. The van der Waals surface area contributed by atoms with E-state index in [1.807, 2.05) is 55.5 Å². The number of sulfonamides is 1. The van der Waals surface area contributed by atoms with Crippen molar-refractivity contribution in [2.24, 2.45) is 0 Å². The first-order chi connectivity index (χ1) is 10.8. The zero-order chi connectivity index (χ0) is 17.0. The Morgan fingerprint density at radius 2 is 1.39 bits per heavy atom. The Kier molecular flexibility index (Phi) is 5.44. The summed E-state index contributed by atoms with van der Waals surface area (Å²) in [6.07, 6.45) is 0. The highest BCUT2D eigenvalue weighted by molar-refractivity contribution is 7.90. The van der Waals surface area contributed by atoms with Crippen molar-refractivity contribution < 1.29 is 8.42 Å². The molecular weight excluding hydrogens is 308 g/mol. The highest BCUT2D eigenvalue weighted by Crippen LogP contribution is 2.23. The summed E-state index contributed by atoms with van der Waals surface area (Å²) < 4.78 is 26.3. The molecule has 0 aliphatic carbocycles. The van der Waals surface area contributed by atoms with Gasteiger partial charge in [0.05, 0.1) is 5.25 Å². The summed E-state index contributed by atoms with van der Waals surface area (Å²) in [5.74, 6) is 0.115. The molecule has 2 aromatic carbocycles. The largest absolute Gasteiger partial charge is 0.399 e. The molecule has 0 heterocycles. The molecule has 0 unspecified atom stereocenters. The lowest BCUT2D eigenvalue weighted by Crippen LogP contribution is -2.33. The van der Waals surface area contributed by atoms with Gasteiger partial charge in [-0.2, -0.15) is 0 Å². The first-order valence-corrected chi connectivity index (χ1v) is 9.28.